The molecule has 0 radical (unpaired) electrons. The molecule has 8 heteroatoms. The number of aromatic nitrogens is 2. The SMILES string of the molecule is CN1CCCN(C(=O)[C@@H]2C[C@@H](Sc3nccn3C)CN2Cc2ccccc2F)CC1. The van der Waals surface area contributed by atoms with Crippen LogP contribution in [-0.4, -0.2) is 81.2 Å². The van der Waals surface area contributed by atoms with Crippen molar-refractivity contribution in [3.05, 3.63) is 48.0 Å². The molecular formula is C22H30FN5OS. The number of likely N-dealkylation sites (N-methyl/N-ethyl adjacent to an activating group) is 1. The van der Waals surface area contributed by atoms with Crippen LogP contribution in [0.1, 0.15) is 18.4 Å². The van der Waals surface area contributed by atoms with Crippen LogP contribution < -0.4 is 0 Å². The third-order valence-corrected chi connectivity index (χ3v) is 7.34. The zero-order valence-electron chi connectivity index (χ0n) is 17.7. The predicted molar refractivity (Wildman–Crippen MR) is 117 cm³/mol. The standard InChI is InChI=1S/C22H30FN5OS/c1-25-9-5-10-27(13-12-25)21(29)20-14-18(30-22-24-8-11-26(22)2)16-28(20)15-17-6-3-4-7-19(17)23/h3-4,6-8,11,18,20H,5,9-10,12-16H2,1-2H3/t18-,20+/m1/s1. The summed E-state index contributed by atoms with van der Waals surface area (Å²) in [6, 6.07) is 6.66. The average molecular weight is 432 g/mol. The van der Waals surface area contributed by atoms with Crippen LogP contribution in [0.2, 0.25) is 0 Å². The van der Waals surface area contributed by atoms with E-state index in [1.807, 2.05) is 34.8 Å². The van der Waals surface area contributed by atoms with Crippen molar-refractivity contribution in [1.29, 1.82) is 0 Å². The van der Waals surface area contributed by atoms with Crippen molar-refractivity contribution in [1.82, 2.24) is 24.3 Å². The van der Waals surface area contributed by atoms with Gasteiger partial charge in [0, 0.05) is 63.0 Å². The van der Waals surface area contributed by atoms with E-state index in [9.17, 15) is 9.18 Å². The molecule has 0 bridgehead atoms. The van der Waals surface area contributed by atoms with Crippen LogP contribution in [0.3, 0.4) is 0 Å². The molecule has 0 spiro atoms. The summed E-state index contributed by atoms with van der Waals surface area (Å²) in [5.74, 6) is -0.0233. The van der Waals surface area contributed by atoms with E-state index < -0.39 is 0 Å². The van der Waals surface area contributed by atoms with Crippen LogP contribution in [0.5, 0.6) is 0 Å². The Hall–Kier alpha value is -1.90. The molecule has 4 rings (SSSR count). The molecule has 2 aliphatic heterocycles. The fourth-order valence-electron chi connectivity index (χ4n) is 4.32. The molecule has 1 aromatic carbocycles. The summed E-state index contributed by atoms with van der Waals surface area (Å²) in [6.45, 7) is 4.67. The van der Waals surface area contributed by atoms with Crippen molar-refractivity contribution in [3.63, 3.8) is 0 Å². The Bertz CT molecular complexity index is 875. The largest absolute Gasteiger partial charge is 0.340 e. The minimum Gasteiger partial charge on any atom is -0.340 e. The van der Waals surface area contributed by atoms with Crippen LogP contribution in [-0.2, 0) is 18.4 Å². The highest BCUT2D eigenvalue weighted by Gasteiger charge is 2.40. The second-order valence-corrected chi connectivity index (χ2v) is 9.58. The van der Waals surface area contributed by atoms with Gasteiger partial charge in [-0.2, -0.15) is 0 Å². The minimum atomic E-state index is -0.217. The van der Waals surface area contributed by atoms with Gasteiger partial charge in [0.1, 0.15) is 5.82 Å². The Balaban J connectivity index is 1.51. The van der Waals surface area contributed by atoms with Gasteiger partial charge in [0.05, 0.1) is 6.04 Å². The lowest BCUT2D eigenvalue weighted by Crippen LogP contribution is -2.46. The first-order valence-corrected chi connectivity index (χ1v) is 11.5. The van der Waals surface area contributed by atoms with E-state index in [0.29, 0.717) is 12.1 Å². The smallest absolute Gasteiger partial charge is 0.240 e. The van der Waals surface area contributed by atoms with Crippen molar-refractivity contribution in [2.75, 3.05) is 39.8 Å². The van der Waals surface area contributed by atoms with E-state index >= 15 is 0 Å². The Morgan fingerprint density at radius 2 is 2.03 bits per heavy atom. The van der Waals surface area contributed by atoms with Crippen LogP contribution in [0.4, 0.5) is 4.39 Å². The monoisotopic (exact) mass is 431 g/mol. The molecular weight excluding hydrogens is 401 g/mol. The van der Waals surface area contributed by atoms with Gasteiger partial charge in [0.25, 0.3) is 0 Å². The number of carbonyl (C=O) groups excluding carboxylic acids is 1. The Kier molecular flexibility index (Phi) is 6.75. The van der Waals surface area contributed by atoms with E-state index in [0.717, 1.165) is 50.7 Å². The van der Waals surface area contributed by atoms with E-state index in [-0.39, 0.29) is 23.0 Å². The molecule has 2 aliphatic rings. The third-order valence-electron chi connectivity index (χ3n) is 6.06. The number of amides is 1. The lowest BCUT2D eigenvalue weighted by Gasteiger charge is -2.29. The zero-order valence-corrected chi connectivity index (χ0v) is 18.5. The van der Waals surface area contributed by atoms with Crippen LogP contribution in [0.15, 0.2) is 41.8 Å². The first-order valence-electron chi connectivity index (χ1n) is 10.6. The van der Waals surface area contributed by atoms with Crippen LogP contribution in [0.25, 0.3) is 0 Å². The molecule has 0 unspecified atom stereocenters. The third kappa shape index (κ3) is 4.87. The molecule has 0 aliphatic carbocycles. The van der Waals surface area contributed by atoms with Gasteiger partial charge < -0.3 is 14.4 Å². The first-order chi connectivity index (χ1) is 14.5. The summed E-state index contributed by atoms with van der Waals surface area (Å²) in [6.07, 6.45) is 5.49. The van der Waals surface area contributed by atoms with Gasteiger partial charge in [-0.1, -0.05) is 30.0 Å². The van der Waals surface area contributed by atoms with Gasteiger partial charge in [0.2, 0.25) is 5.91 Å². The molecule has 3 heterocycles. The van der Waals surface area contributed by atoms with Crippen molar-refractivity contribution in [2.24, 2.45) is 7.05 Å². The minimum absolute atomic E-state index is 0.185. The Morgan fingerprint density at radius 3 is 2.80 bits per heavy atom. The maximum absolute atomic E-state index is 14.3. The van der Waals surface area contributed by atoms with Gasteiger partial charge in [-0.3, -0.25) is 9.69 Å². The van der Waals surface area contributed by atoms with Gasteiger partial charge in [0.15, 0.2) is 5.16 Å². The number of nitrogens with zero attached hydrogens (tertiary/aromatic N) is 5. The second kappa shape index (κ2) is 9.49. The molecule has 1 aromatic heterocycles. The summed E-state index contributed by atoms with van der Waals surface area (Å²) >= 11 is 1.71. The van der Waals surface area contributed by atoms with Crippen molar-refractivity contribution >= 4 is 17.7 Å². The number of carbonyl (C=O) groups is 1. The summed E-state index contributed by atoms with van der Waals surface area (Å²) in [5, 5.41) is 1.21. The highest BCUT2D eigenvalue weighted by Crippen LogP contribution is 2.34. The molecule has 2 aromatic rings. The van der Waals surface area contributed by atoms with Gasteiger partial charge >= 0.3 is 0 Å². The topological polar surface area (TPSA) is 44.6 Å². The van der Waals surface area contributed by atoms with E-state index in [4.69, 9.17) is 0 Å². The highest BCUT2D eigenvalue weighted by molar-refractivity contribution is 7.99. The lowest BCUT2D eigenvalue weighted by atomic mass is 10.1. The number of thioether (sulfide) groups is 1. The molecule has 2 fully saturated rings. The van der Waals surface area contributed by atoms with Crippen molar-refractivity contribution in [3.8, 4) is 0 Å². The van der Waals surface area contributed by atoms with Gasteiger partial charge in [-0.05, 0) is 32.5 Å². The number of rotatable bonds is 5. The zero-order chi connectivity index (χ0) is 21.1. The van der Waals surface area contributed by atoms with Crippen LogP contribution in [0, 0.1) is 5.82 Å². The van der Waals surface area contributed by atoms with Gasteiger partial charge in [-0.15, -0.1) is 0 Å². The number of halogens is 1. The number of imidazole rings is 1. The van der Waals surface area contributed by atoms with E-state index in [1.165, 1.54) is 6.07 Å². The number of likely N-dealkylation sites (tertiary alicyclic amines) is 1. The summed E-state index contributed by atoms with van der Waals surface area (Å²) in [5.41, 5.74) is 0.647. The summed E-state index contributed by atoms with van der Waals surface area (Å²) in [7, 11) is 4.09. The predicted octanol–water partition coefficient (Wildman–Crippen LogP) is 2.46. The molecule has 2 saturated heterocycles. The maximum atomic E-state index is 14.3. The molecule has 1 amide bonds. The van der Waals surface area contributed by atoms with Crippen LogP contribution >= 0.6 is 11.8 Å². The molecule has 2 atom stereocenters. The molecule has 30 heavy (non-hydrogen) atoms. The van der Waals surface area contributed by atoms with E-state index in [2.05, 4.69) is 21.8 Å². The molecule has 0 N–H and O–H groups in total. The Morgan fingerprint density at radius 1 is 1.20 bits per heavy atom. The number of aryl methyl sites for hydroxylation is 1. The second-order valence-electron chi connectivity index (χ2n) is 8.32. The average Bonchev–Trinajstić information content (AvgIpc) is 3.24. The Labute approximate surface area is 182 Å². The summed E-state index contributed by atoms with van der Waals surface area (Å²) in [4.78, 5) is 24.4. The van der Waals surface area contributed by atoms with Crippen molar-refractivity contribution in [2.45, 2.75) is 35.8 Å². The quantitative estimate of drug-likeness (QED) is 0.728. The van der Waals surface area contributed by atoms with Gasteiger partial charge in [-0.25, -0.2) is 9.37 Å². The number of hydrogen-bond acceptors (Lipinski definition) is 5. The molecule has 0 saturated carbocycles. The highest BCUT2D eigenvalue weighted by atomic mass is 32.2. The first kappa shape index (κ1) is 21.3. The fraction of sp³-hybridized carbons (Fsp3) is 0.545. The normalized spacial score (nSPS) is 23.6. The van der Waals surface area contributed by atoms with E-state index in [1.54, 1.807) is 24.0 Å². The number of benzene rings is 1. The number of hydrogen-bond donors (Lipinski definition) is 0. The fourth-order valence-corrected chi connectivity index (χ4v) is 5.51. The summed E-state index contributed by atoms with van der Waals surface area (Å²) < 4.78 is 16.3. The van der Waals surface area contributed by atoms with Crippen molar-refractivity contribution < 1.29 is 9.18 Å². The molecule has 6 nitrogen and oxygen atoms in total. The molecule has 162 valence electrons. The maximum Gasteiger partial charge on any atom is 0.240 e. The lowest BCUT2D eigenvalue weighted by molar-refractivity contribution is -0.136.